The van der Waals surface area contributed by atoms with Crippen molar-refractivity contribution in [3.63, 3.8) is 0 Å². The van der Waals surface area contributed by atoms with Crippen molar-refractivity contribution in [2.75, 3.05) is 13.1 Å². The SMILES string of the molecule is CC(C)C[C@@H](/C=C/[C@H](Cc1ccccc1)C(=O)N1CCC[C@H]1C(O)N[C@@H](CCCNC(=O)OC1CC(C)(C)N(O)C(C)(C)C1)C(=O)OC(C)C)NC(=O)OC(C)(C)C. The van der Waals surface area contributed by atoms with Crippen LogP contribution in [0.1, 0.15) is 127 Å². The van der Waals surface area contributed by atoms with Gasteiger partial charge in [-0.1, -0.05) is 56.3 Å². The minimum absolute atomic E-state index is 0.163. The van der Waals surface area contributed by atoms with Crippen molar-refractivity contribution in [2.45, 2.75) is 181 Å². The Bertz CT molecular complexity index is 1490. The van der Waals surface area contributed by atoms with Gasteiger partial charge in [0.15, 0.2) is 0 Å². The minimum atomic E-state index is -1.23. The minimum Gasteiger partial charge on any atom is -0.462 e. The van der Waals surface area contributed by atoms with Crippen molar-refractivity contribution in [3.05, 3.63) is 48.0 Å². The van der Waals surface area contributed by atoms with Gasteiger partial charge in [0.2, 0.25) is 5.91 Å². The summed E-state index contributed by atoms with van der Waals surface area (Å²) in [5.74, 6) is -1.03. The summed E-state index contributed by atoms with van der Waals surface area (Å²) in [6.45, 7) is 21.3. The lowest BCUT2D eigenvalue weighted by molar-refractivity contribution is -0.256. The van der Waals surface area contributed by atoms with Gasteiger partial charge in [-0.05, 0) is 112 Å². The van der Waals surface area contributed by atoms with Gasteiger partial charge in [0.1, 0.15) is 24.0 Å². The molecule has 2 heterocycles. The highest BCUT2D eigenvalue weighted by Gasteiger charge is 2.46. The molecule has 328 valence electrons. The van der Waals surface area contributed by atoms with E-state index in [1.807, 2.05) is 91.0 Å². The number of nitrogens with one attached hydrogen (secondary N) is 3. The highest BCUT2D eigenvalue weighted by atomic mass is 16.6. The highest BCUT2D eigenvalue weighted by molar-refractivity contribution is 5.82. The first-order valence-electron chi connectivity index (χ1n) is 21.1. The van der Waals surface area contributed by atoms with Crippen molar-refractivity contribution < 1.29 is 43.7 Å². The first-order valence-corrected chi connectivity index (χ1v) is 21.1. The van der Waals surface area contributed by atoms with Crippen molar-refractivity contribution in [2.24, 2.45) is 11.8 Å². The first kappa shape index (κ1) is 48.6. The van der Waals surface area contributed by atoms with Gasteiger partial charge in [-0.15, -0.1) is 0 Å². The number of likely N-dealkylation sites (tertiary alicyclic amines) is 1. The van der Waals surface area contributed by atoms with E-state index in [4.69, 9.17) is 14.2 Å². The Balaban J connectivity index is 1.71. The summed E-state index contributed by atoms with van der Waals surface area (Å²) < 4.78 is 16.8. The Morgan fingerprint density at radius 1 is 0.966 bits per heavy atom. The van der Waals surface area contributed by atoms with Crippen LogP contribution in [0, 0.1) is 11.8 Å². The smallest absolute Gasteiger partial charge is 0.408 e. The van der Waals surface area contributed by atoms with Crippen LogP contribution in [0.2, 0.25) is 0 Å². The first-order chi connectivity index (χ1) is 27.0. The number of hydroxylamine groups is 2. The topological polar surface area (TPSA) is 179 Å². The molecule has 0 aliphatic carbocycles. The molecule has 14 heteroatoms. The molecule has 58 heavy (non-hydrogen) atoms. The zero-order valence-electron chi connectivity index (χ0n) is 36.9. The van der Waals surface area contributed by atoms with E-state index < -0.39 is 59.1 Å². The van der Waals surface area contributed by atoms with Gasteiger partial charge in [0, 0.05) is 37.0 Å². The molecule has 3 amide bonds. The average Bonchev–Trinajstić information content (AvgIpc) is 3.59. The lowest BCUT2D eigenvalue weighted by atomic mass is 9.80. The number of benzene rings is 1. The third-order valence-corrected chi connectivity index (χ3v) is 10.4. The highest BCUT2D eigenvalue weighted by Crippen LogP contribution is 2.38. The van der Waals surface area contributed by atoms with E-state index in [0.29, 0.717) is 51.5 Å². The summed E-state index contributed by atoms with van der Waals surface area (Å²) in [4.78, 5) is 54.9. The van der Waals surface area contributed by atoms with Crippen LogP contribution in [0.15, 0.2) is 42.5 Å². The number of aliphatic hydroxyl groups is 1. The van der Waals surface area contributed by atoms with Crippen LogP contribution in [0.3, 0.4) is 0 Å². The second kappa shape index (κ2) is 21.5. The third kappa shape index (κ3) is 15.8. The van der Waals surface area contributed by atoms with Crippen LogP contribution in [0.5, 0.6) is 0 Å². The molecule has 14 nitrogen and oxygen atoms in total. The summed E-state index contributed by atoms with van der Waals surface area (Å²) >= 11 is 0. The summed E-state index contributed by atoms with van der Waals surface area (Å²) in [5, 5.41) is 32.3. The predicted molar refractivity (Wildman–Crippen MR) is 223 cm³/mol. The lowest BCUT2D eigenvalue weighted by Crippen LogP contribution is -2.60. The maximum absolute atomic E-state index is 14.4. The Morgan fingerprint density at radius 2 is 1.60 bits per heavy atom. The Morgan fingerprint density at radius 3 is 2.19 bits per heavy atom. The number of hydrogen-bond acceptors (Lipinski definition) is 11. The number of carbonyl (C=O) groups is 4. The number of hydrogen-bond donors (Lipinski definition) is 5. The number of nitrogens with zero attached hydrogens (tertiary/aromatic N) is 2. The second-order valence-corrected chi connectivity index (χ2v) is 18.9. The summed E-state index contributed by atoms with van der Waals surface area (Å²) in [6, 6.07) is 7.83. The van der Waals surface area contributed by atoms with Crippen molar-refractivity contribution in [3.8, 4) is 0 Å². The number of rotatable bonds is 18. The average molecular weight is 816 g/mol. The largest absolute Gasteiger partial charge is 0.462 e. The van der Waals surface area contributed by atoms with Crippen LogP contribution < -0.4 is 16.0 Å². The molecule has 2 aliphatic heterocycles. The number of aliphatic hydroxyl groups excluding tert-OH is 1. The van der Waals surface area contributed by atoms with Crippen LogP contribution >= 0.6 is 0 Å². The number of piperidine rings is 1. The molecule has 2 fully saturated rings. The number of carbonyl (C=O) groups excluding carboxylic acids is 4. The number of alkyl carbamates (subject to hydrolysis) is 2. The Kier molecular flexibility index (Phi) is 18.0. The van der Waals surface area contributed by atoms with Crippen LogP contribution in [0.4, 0.5) is 9.59 Å². The van der Waals surface area contributed by atoms with Gasteiger partial charge in [-0.3, -0.25) is 14.9 Å². The van der Waals surface area contributed by atoms with Crippen molar-refractivity contribution in [1.82, 2.24) is 25.9 Å². The van der Waals surface area contributed by atoms with Crippen LogP contribution in [-0.4, -0.2) is 111 Å². The van der Waals surface area contributed by atoms with E-state index in [0.717, 1.165) is 5.56 Å². The van der Waals surface area contributed by atoms with E-state index in [-0.39, 0.29) is 43.0 Å². The monoisotopic (exact) mass is 816 g/mol. The number of amides is 3. The summed E-state index contributed by atoms with van der Waals surface area (Å²) in [5.41, 5.74) is -0.830. The fourth-order valence-electron chi connectivity index (χ4n) is 7.99. The Labute approximate surface area is 346 Å². The van der Waals surface area contributed by atoms with Gasteiger partial charge in [-0.2, -0.15) is 5.06 Å². The standard InChI is InChI=1S/C44H73N5O9/c1-29(2)25-33(46-41(54)58-42(5,6)7)22-21-32(26-31-17-13-12-14-18-31)38(51)48-24-16-20-36(48)37(50)47-35(39(52)56-30(3)4)19-15-23-45-40(53)57-34-27-43(8,9)49(55)44(10,11)28-34/h12-14,17-18,21-22,29-30,32-37,47,50,55H,15-16,19-20,23-28H2,1-11H3,(H,45,53)(H,46,54)/b22-21+/t32-,33-,35+,36+,37?/m1/s1. The number of ether oxygens (including phenoxy) is 3. The van der Waals surface area contributed by atoms with Gasteiger partial charge in [-0.25, -0.2) is 9.59 Å². The maximum Gasteiger partial charge on any atom is 0.408 e. The van der Waals surface area contributed by atoms with Crippen LogP contribution in [0.25, 0.3) is 0 Å². The molecule has 0 spiro atoms. The quantitative estimate of drug-likeness (QED) is 0.0360. The molecule has 0 aromatic heterocycles. The van der Waals surface area contributed by atoms with Gasteiger partial charge < -0.3 is 40.1 Å². The van der Waals surface area contributed by atoms with E-state index in [2.05, 4.69) is 29.8 Å². The predicted octanol–water partition coefficient (Wildman–Crippen LogP) is 6.48. The molecule has 5 atom stereocenters. The van der Waals surface area contributed by atoms with E-state index >= 15 is 0 Å². The number of esters is 1. The zero-order chi connectivity index (χ0) is 43.4. The van der Waals surface area contributed by atoms with E-state index in [1.54, 1.807) is 18.7 Å². The van der Waals surface area contributed by atoms with E-state index in [1.165, 1.54) is 5.06 Å². The van der Waals surface area contributed by atoms with Crippen LogP contribution in [-0.2, 0) is 30.2 Å². The van der Waals surface area contributed by atoms with E-state index in [9.17, 15) is 29.5 Å². The molecule has 2 saturated heterocycles. The van der Waals surface area contributed by atoms with Gasteiger partial charge in [0.05, 0.1) is 24.1 Å². The molecule has 1 aromatic rings. The fraction of sp³-hybridized carbons (Fsp3) is 0.727. The summed E-state index contributed by atoms with van der Waals surface area (Å²) in [7, 11) is 0. The Hall–Kier alpha value is -3.72. The molecular weight excluding hydrogens is 743 g/mol. The molecular formula is C44H73N5O9. The second-order valence-electron chi connectivity index (χ2n) is 18.9. The van der Waals surface area contributed by atoms with Gasteiger partial charge in [0.25, 0.3) is 0 Å². The lowest BCUT2D eigenvalue weighted by Gasteiger charge is -2.50. The molecule has 3 rings (SSSR count). The molecule has 0 bridgehead atoms. The molecule has 0 saturated carbocycles. The molecule has 1 unspecified atom stereocenters. The molecule has 0 radical (unpaired) electrons. The third-order valence-electron chi connectivity index (χ3n) is 10.4. The fourth-order valence-corrected chi connectivity index (χ4v) is 7.99. The molecule has 1 aromatic carbocycles. The molecule has 5 N–H and O–H groups in total. The maximum atomic E-state index is 14.4. The normalized spacial score (nSPS) is 20.7. The van der Waals surface area contributed by atoms with Gasteiger partial charge >= 0.3 is 18.2 Å². The summed E-state index contributed by atoms with van der Waals surface area (Å²) in [6.07, 6.45) is 4.44. The van der Waals surface area contributed by atoms with Crippen molar-refractivity contribution >= 4 is 24.1 Å². The molecule has 2 aliphatic rings. The zero-order valence-corrected chi connectivity index (χ0v) is 36.9. The van der Waals surface area contributed by atoms with Crippen molar-refractivity contribution in [1.29, 1.82) is 0 Å².